The van der Waals surface area contributed by atoms with Crippen LogP contribution in [0.1, 0.15) is 29.8 Å². The lowest BCUT2D eigenvalue weighted by atomic mass is 10.1. The summed E-state index contributed by atoms with van der Waals surface area (Å²) in [7, 11) is 0. The number of rotatable bonds is 2. The minimum Gasteiger partial charge on any atom is -0.334 e. The maximum atomic E-state index is 12.7. The van der Waals surface area contributed by atoms with Crippen LogP contribution in [-0.2, 0) is 6.18 Å². The molecule has 0 aliphatic carbocycles. The molecule has 1 N–H and O–H groups in total. The fourth-order valence-corrected chi connectivity index (χ4v) is 1.74. The zero-order valence-corrected chi connectivity index (χ0v) is 11.7. The summed E-state index contributed by atoms with van der Waals surface area (Å²) in [4.78, 5) is 11.8. The van der Waals surface area contributed by atoms with Crippen molar-refractivity contribution in [3.63, 3.8) is 0 Å². The first-order valence-corrected chi connectivity index (χ1v) is 5.96. The van der Waals surface area contributed by atoms with Crippen molar-refractivity contribution in [2.24, 2.45) is 0 Å². The Morgan fingerprint density at radius 1 is 1.37 bits per heavy atom. The van der Waals surface area contributed by atoms with Gasteiger partial charge in [0, 0.05) is 10.0 Å². The number of hydrogen-bond donors (Lipinski definition) is 1. The van der Waals surface area contributed by atoms with E-state index in [-0.39, 0.29) is 10.0 Å². The van der Waals surface area contributed by atoms with E-state index in [0.717, 1.165) is 12.1 Å². The van der Waals surface area contributed by atoms with E-state index in [1.54, 1.807) is 0 Å². The summed E-state index contributed by atoms with van der Waals surface area (Å²) in [6.45, 7) is 2.91. The van der Waals surface area contributed by atoms with Crippen molar-refractivity contribution in [1.82, 2.24) is 5.32 Å². The summed E-state index contributed by atoms with van der Waals surface area (Å²) in [5.41, 5.74) is -2.24. The SMILES string of the molecule is CC(C)(C#N)NC(=O)c1ccc(Br)c(C(F)(F)F)c1. The number of nitrogens with zero attached hydrogens (tertiary/aromatic N) is 1. The van der Waals surface area contributed by atoms with Crippen molar-refractivity contribution in [2.75, 3.05) is 0 Å². The topological polar surface area (TPSA) is 52.9 Å². The zero-order chi connectivity index (χ0) is 14.8. The second-order valence-corrected chi connectivity index (χ2v) is 5.24. The zero-order valence-electron chi connectivity index (χ0n) is 10.1. The average Bonchev–Trinajstić information content (AvgIpc) is 2.27. The third-order valence-corrected chi connectivity index (χ3v) is 2.93. The van der Waals surface area contributed by atoms with Crippen LogP contribution in [0.4, 0.5) is 13.2 Å². The largest absolute Gasteiger partial charge is 0.417 e. The number of hydrogen-bond acceptors (Lipinski definition) is 2. The van der Waals surface area contributed by atoms with Gasteiger partial charge in [0.25, 0.3) is 5.91 Å². The number of halogens is 4. The molecule has 0 aliphatic heterocycles. The molecular weight excluding hydrogens is 325 g/mol. The van der Waals surface area contributed by atoms with Gasteiger partial charge in [-0.3, -0.25) is 4.79 Å². The fourth-order valence-electron chi connectivity index (χ4n) is 1.27. The maximum absolute atomic E-state index is 12.7. The van der Waals surface area contributed by atoms with Crippen LogP contribution in [0.3, 0.4) is 0 Å². The molecule has 19 heavy (non-hydrogen) atoms. The second kappa shape index (κ2) is 5.21. The minimum atomic E-state index is -4.56. The Morgan fingerprint density at radius 3 is 2.42 bits per heavy atom. The molecule has 1 rings (SSSR count). The average molecular weight is 335 g/mol. The summed E-state index contributed by atoms with van der Waals surface area (Å²) in [5, 5.41) is 11.1. The Labute approximate surface area is 116 Å². The van der Waals surface area contributed by atoms with Gasteiger partial charge in [0.05, 0.1) is 11.6 Å². The summed E-state index contributed by atoms with van der Waals surface area (Å²) in [5.74, 6) is -0.732. The quantitative estimate of drug-likeness (QED) is 0.899. The van der Waals surface area contributed by atoms with Gasteiger partial charge in [-0.15, -0.1) is 0 Å². The van der Waals surface area contributed by atoms with E-state index >= 15 is 0 Å². The van der Waals surface area contributed by atoms with E-state index in [2.05, 4.69) is 21.2 Å². The van der Waals surface area contributed by atoms with E-state index < -0.39 is 23.2 Å². The Hall–Kier alpha value is -1.55. The Kier molecular flexibility index (Phi) is 4.25. The normalized spacial score (nSPS) is 11.8. The molecule has 1 aromatic rings. The molecule has 0 fully saturated rings. The van der Waals surface area contributed by atoms with Crippen LogP contribution in [0.2, 0.25) is 0 Å². The second-order valence-electron chi connectivity index (χ2n) is 4.38. The standard InChI is InChI=1S/C12H10BrF3N2O/c1-11(2,6-17)18-10(19)7-3-4-9(13)8(5-7)12(14,15)16/h3-5H,1-2H3,(H,18,19). The van der Waals surface area contributed by atoms with Crippen LogP contribution in [0.5, 0.6) is 0 Å². The molecule has 0 unspecified atom stereocenters. The Morgan fingerprint density at radius 2 is 1.95 bits per heavy atom. The van der Waals surface area contributed by atoms with Gasteiger partial charge >= 0.3 is 6.18 Å². The van der Waals surface area contributed by atoms with Crippen LogP contribution >= 0.6 is 15.9 Å². The van der Waals surface area contributed by atoms with Crippen molar-refractivity contribution in [3.05, 3.63) is 33.8 Å². The van der Waals surface area contributed by atoms with Gasteiger partial charge in [-0.2, -0.15) is 18.4 Å². The fraction of sp³-hybridized carbons (Fsp3) is 0.333. The molecule has 1 aromatic carbocycles. The molecule has 0 aromatic heterocycles. The first-order chi connectivity index (χ1) is 8.57. The van der Waals surface area contributed by atoms with Crippen LogP contribution < -0.4 is 5.32 Å². The highest BCUT2D eigenvalue weighted by Crippen LogP contribution is 2.35. The highest BCUT2D eigenvalue weighted by Gasteiger charge is 2.34. The molecule has 0 spiro atoms. The van der Waals surface area contributed by atoms with Crippen molar-refractivity contribution >= 4 is 21.8 Å². The smallest absolute Gasteiger partial charge is 0.334 e. The number of carbonyl (C=O) groups excluding carboxylic acids is 1. The lowest BCUT2D eigenvalue weighted by Gasteiger charge is -2.18. The van der Waals surface area contributed by atoms with Gasteiger partial charge in [0.2, 0.25) is 0 Å². The lowest BCUT2D eigenvalue weighted by Crippen LogP contribution is -2.42. The molecule has 1 amide bonds. The van der Waals surface area contributed by atoms with Gasteiger partial charge in [0.15, 0.2) is 0 Å². The summed E-state index contributed by atoms with van der Waals surface area (Å²) < 4.78 is 37.9. The summed E-state index contributed by atoms with van der Waals surface area (Å²) in [6, 6.07) is 4.98. The predicted molar refractivity (Wildman–Crippen MR) is 66.3 cm³/mol. The van der Waals surface area contributed by atoms with Gasteiger partial charge < -0.3 is 5.32 Å². The van der Waals surface area contributed by atoms with Crippen LogP contribution in [-0.4, -0.2) is 11.4 Å². The van der Waals surface area contributed by atoms with E-state index in [4.69, 9.17) is 5.26 Å². The molecule has 0 saturated carbocycles. The monoisotopic (exact) mass is 334 g/mol. The molecule has 0 saturated heterocycles. The number of nitrogens with one attached hydrogen (secondary N) is 1. The lowest BCUT2D eigenvalue weighted by molar-refractivity contribution is -0.138. The molecule has 7 heteroatoms. The summed E-state index contributed by atoms with van der Waals surface area (Å²) in [6.07, 6.45) is -4.56. The maximum Gasteiger partial charge on any atom is 0.417 e. The third-order valence-electron chi connectivity index (χ3n) is 2.24. The first kappa shape index (κ1) is 15.5. The highest BCUT2D eigenvalue weighted by atomic mass is 79.9. The van der Waals surface area contributed by atoms with E-state index in [9.17, 15) is 18.0 Å². The van der Waals surface area contributed by atoms with Gasteiger partial charge in [0.1, 0.15) is 5.54 Å². The minimum absolute atomic E-state index is 0.143. The number of carbonyl (C=O) groups is 1. The van der Waals surface area contributed by atoms with E-state index in [0.29, 0.717) is 0 Å². The number of alkyl halides is 3. The van der Waals surface area contributed by atoms with Crippen LogP contribution in [0.25, 0.3) is 0 Å². The van der Waals surface area contributed by atoms with Crippen LogP contribution in [0, 0.1) is 11.3 Å². The molecule has 102 valence electrons. The van der Waals surface area contributed by atoms with Gasteiger partial charge in [-0.25, -0.2) is 0 Å². The summed E-state index contributed by atoms with van der Waals surface area (Å²) >= 11 is 2.79. The first-order valence-electron chi connectivity index (χ1n) is 5.17. The molecule has 0 atom stereocenters. The van der Waals surface area contributed by atoms with Gasteiger partial charge in [-0.1, -0.05) is 15.9 Å². The highest BCUT2D eigenvalue weighted by molar-refractivity contribution is 9.10. The van der Waals surface area contributed by atoms with Crippen molar-refractivity contribution < 1.29 is 18.0 Å². The number of amides is 1. The van der Waals surface area contributed by atoms with E-state index in [1.165, 1.54) is 19.9 Å². The Balaban J connectivity index is 3.11. The molecule has 0 bridgehead atoms. The molecule has 3 nitrogen and oxygen atoms in total. The molecular formula is C12H10BrF3N2O. The predicted octanol–water partition coefficient (Wildman–Crippen LogP) is 3.50. The van der Waals surface area contributed by atoms with Crippen molar-refractivity contribution in [3.8, 4) is 6.07 Å². The molecule has 0 aliphatic rings. The number of nitriles is 1. The number of benzene rings is 1. The molecule has 0 heterocycles. The Bertz CT molecular complexity index is 547. The molecule has 0 radical (unpaired) electrons. The van der Waals surface area contributed by atoms with E-state index in [1.807, 2.05) is 6.07 Å². The third kappa shape index (κ3) is 3.96. The van der Waals surface area contributed by atoms with Gasteiger partial charge in [-0.05, 0) is 32.0 Å². The van der Waals surface area contributed by atoms with Crippen molar-refractivity contribution in [2.45, 2.75) is 25.6 Å². The van der Waals surface area contributed by atoms with Crippen molar-refractivity contribution in [1.29, 1.82) is 5.26 Å². The van der Waals surface area contributed by atoms with Crippen LogP contribution in [0.15, 0.2) is 22.7 Å².